The molecule has 15 heteroatoms. The number of aryl methyl sites for hydroxylation is 6. The fourth-order valence-electron chi connectivity index (χ4n) is 15.9. The lowest BCUT2D eigenvalue weighted by Crippen LogP contribution is -2.61. The van der Waals surface area contributed by atoms with E-state index in [9.17, 15) is 35.1 Å². The number of likely N-dealkylation sites (N-methyl/N-ethyl adjacent to an activating group) is 1. The molecule has 502 valence electrons. The largest absolute Gasteiger partial charge is 0.459 e. The van der Waals surface area contributed by atoms with Crippen LogP contribution in [0.2, 0.25) is 0 Å². The van der Waals surface area contributed by atoms with Crippen molar-refractivity contribution in [3.8, 4) is 0 Å². The van der Waals surface area contributed by atoms with E-state index >= 15 is 0 Å². The van der Waals surface area contributed by atoms with Gasteiger partial charge in [-0.3, -0.25) is 9.59 Å². The van der Waals surface area contributed by atoms with Crippen LogP contribution < -0.4 is 15.9 Å². The quantitative estimate of drug-likeness (QED) is 0.0364. The van der Waals surface area contributed by atoms with Gasteiger partial charge in [-0.05, 0) is 217 Å². The van der Waals surface area contributed by atoms with Gasteiger partial charge in [-0.25, -0.2) is 0 Å². The van der Waals surface area contributed by atoms with Gasteiger partial charge in [0.05, 0.1) is 53.7 Å². The average Bonchev–Trinajstić information content (AvgIpc) is 1.03. The molecule has 3 fully saturated rings. The van der Waals surface area contributed by atoms with Crippen LogP contribution in [0.1, 0.15) is 199 Å². The van der Waals surface area contributed by atoms with E-state index in [-0.39, 0.29) is 56.2 Å². The van der Waals surface area contributed by atoms with Crippen molar-refractivity contribution in [1.29, 1.82) is 0 Å². The Balaban J connectivity index is 1.14. The van der Waals surface area contributed by atoms with Crippen LogP contribution in [0.3, 0.4) is 0 Å². The van der Waals surface area contributed by atoms with Crippen molar-refractivity contribution in [2.75, 3.05) is 33.9 Å². The SMILES string of the molecule is CC[C@H]1OC(=O)[C@H](C)[C@@H](C2C[C@@](C)(OC)[C@@H](O)[C@H](C)O2)[C@H](C)[C@@H](O[C@@H]2O[C@H](C)C[C@H](N(C)C)[C@H]2O)[C@](C)(O)C[C@@H](C)CN(C(=O)CCCCCCCCCCCC[P+](c2cc(C)cc(C)c2)(c2cc(C)cc(C)c2)c2cc(C)cc(C)c2)[C@H](C)[C@@H](O)[C@]1(C)O. The zero-order valence-electron chi connectivity index (χ0n) is 58.3. The lowest BCUT2D eigenvalue weighted by molar-refractivity contribution is -0.302. The summed E-state index contributed by atoms with van der Waals surface area (Å²) in [6.45, 7) is 31.3. The lowest BCUT2D eigenvalue weighted by atomic mass is 9.68. The highest BCUT2D eigenvalue weighted by molar-refractivity contribution is 7.95. The first-order chi connectivity index (χ1) is 41.7. The van der Waals surface area contributed by atoms with Gasteiger partial charge in [0, 0.05) is 38.5 Å². The van der Waals surface area contributed by atoms with Crippen molar-refractivity contribution in [1.82, 2.24) is 9.80 Å². The summed E-state index contributed by atoms with van der Waals surface area (Å²) < 4.78 is 32.3. The minimum atomic E-state index is -1.99. The summed E-state index contributed by atoms with van der Waals surface area (Å²) in [5, 5.41) is 65.6. The maximum Gasteiger partial charge on any atom is 0.309 e. The Morgan fingerprint density at radius 2 is 1.16 bits per heavy atom. The molecule has 0 bridgehead atoms. The molecule has 0 aliphatic carbocycles. The lowest BCUT2D eigenvalue weighted by Gasteiger charge is -2.51. The first kappa shape index (κ1) is 74.7. The Kier molecular flexibility index (Phi) is 27.0. The molecule has 1 unspecified atom stereocenters. The molecule has 5 N–H and O–H groups in total. The van der Waals surface area contributed by atoms with Gasteiger partial charge in [0.1, 0.15) is 53.2 Å². The predicted octanol–water partition coefficient (Wildman–Crippen LogP) is 11.2. The molecule has 3 heterocycles. The number of ether oxygens (including phenoxy) is 5. The monoisotopic (exact) mass is 1260 g/mol. The van der Waals surface area contributed by atoms with Crippen LogP contribution in [-0.2, 0) is 33.3 Å². The summed E-state index contributed by atoms with van der Waals surface area (Å²) in [5.41, 5.74) is 3.16. The minimum absolute atomic E-state index is 0.107. The van der Waals surface area contributed by atoms with Crippen molar-refractivity contribution < 1.29 is 58.8 Å². The Morgan fingerprint density at radius 3 is 1.62 bits per heavy atom. The van der Waals surface area contributed by atoms with Gasteiger partial charge >= 0.3 is 5.97 Å². The molecule has 89 heavy (non-hydrogen) atoms. The number of benzene rings is 3. The van der Waals surface area contributed by atoms with E-state index in [1.807, 2.05) is 46.7 Å². The summed E-state index contributed by atoms with van der Waals surface area (Å²) in [6, 6.07) is 20.5. The highest BCUT2D eigenvalue weighted by Gasteiger charge is 2.56. The van der Waals surface area contributed by atoms with Crippen LogP contribution in [0.25, 0.3) is 0 Å². The molecule has 3 aromatic rings. The topological polar surface area (TPSA) is 188 Å². The van der Waals surface area contributed by atoms with Crippen molar-refractivity contribution in [3.05, 3.63) is 88.0 Å². The normalized spacial score (nSPS) is 33.8. The number of methoxy groups -OCH3 is 1. The predicted molar refractivity (Wildman–Crippen MR) is 361 cm³/mol. The smallest absolute Gasteiger partial charge is 0.309 e. The third-order valence-electron chi connectivity index (χ3n) is 20.7. The second kappa shape index (κ2) is 32.2. The van der Waals surface area contributed by atoms with Crippen LogP contribution in [-0.4, -0.2) is 165 Å². The van der Waals surface area contributed by atoms with Crippen molar-refractivity contribution in [3.63, 3.8) is 0 Å². The van der Waals surface area contributed by atoms with Gasteiger partial charge in [-0.1, -0.05) is 90.8 Å². The zero-order chi connectivity index (χ0) is 66.1. The van der Waals surface area contributed by atoms with Crippen LogP contribution in [0, 0.1) is 65.2 Å². The van der Waals surface area contributed by atoms with Crippen LogP contribution in [0.4, 0.5) is 0 Å². The maximum atomic E-state index is 14.9. The molecule has 0 aromatic heterocycles. The molecule has 3 aromatic carbocycles. The standard InChI is InChI=1S/C74H120N2O12P/c1-20-63-74(16,83)67(79)56(12)76(45-52(8)43-72(14,82)69(88-71-66(78)61(75(17)18)42-53(9)85-71)54(10)65(55(11)70(81)87-63)62-44-73(15,84-19)68(80)57(13)86-62)64(77)31-29-27-25-23-21-22-24-26-28-30-32-89(58-36-46(2)33-47(3)37-58,59-38-48(4)34-49(5)39-59)60-40-50(6)35-51(7)41-60/h33-41,52-57,61-63,65-69,71,78-80,82-83H,20-32,42-45H2,1-19H3/q+1/t52-,53-,54+,55-,56-,57+,61+,62?,63-,65+,66-,67-,68+,69-,71+,72-,73-,74-/m1/s1. The van der Waals surface area contributed by atoms with Crippen LogP contribution >= 0.6 is 7.26 Å². The summed E-state index contributed by atoms with van der Waals surface area (Å²) in [5.74, 6) is -3.63. The Morgan fingerprint density at radius 1 is 0.685 bits per heavy atom. The summed E-state index contributed by atoms with van der Waals surface area (Å²) >= 11 is 0. The molecular weight excluding hydrogens is 1140 g/mol. The van der Waals surface area contributed by atoms with Gasteiger partial charge < -0.3 is 59.0 Å². The first-order valence-electron chi connectivity index (χ1n) is 34.0. The number of esters is 1. The van der Waals surface area contributed by atoms with Crippen molar-refractivity contribution in [2.24, 2.45) is 23.7 Å². The first-order valence-corrected chi connectivity index (χ1v) is 36.0. The van der Waals surface area contributed by atoms with Crippen LogP contribution in [0.5, 0.6) is 0 Å². The van der Waals surface area contributed by atoms with E-state index in [2.05, 4.69) is 96.1 Å². The van der Waals surface area contributed by atoms with Crippen molar-refractivity contribution >= 4 is 35.1 Å². The third-order valence-corrected chi connectivity index (χ3v) is 25.1. The molecule has 0 radical (unpaired) electrons. The van der Waals surface area contributed by atoms with Gasteiger partial charge in [0.25, 0.3) is 0 Å². The van der Waals surface area contributed by atoms with Gasteiger partial charge in [-0.15, -0.1) is 0 Å². The van der Waals surface area contributed by atoms with Gasteiger partial charge in [-0.2, -0.15) is 0 Å². The number of nitrogens with zero attached hydrogens (tertiary/aromatic N) is 2. The third kappa shape index (κ3) is 18.3. The number of rotatable bonds is 22. The fraction of sp³-hybridized carbons (Fsp3) is 0.730. The number of aliphatic hydroxyl groups excluding tert-OH is 3. The molecule has 14 nitrogen and oxygen atoms in total. The molecule has 3 aliphatic heterocycles. The number of cyclic esters (lactones) is 1. The van der Waals surface area contributed by atoms with Crippen LogP contribution in [0.15, 0.2) is 54.6 Å². The number of amides is 1. The molecule has 3 aliphatic rings. The highest BCUT2D eigenvalue weighted by atomic mass is 31.2. The summed E-state index contributed by atoms with van der Waals surface area (Å²) in [4.78, 5) is 33.2. The van der Waals surface area contributed by atoms with Gasteiger partial charge in [0.2, 0.25) is 5.91 Å². The van der Waals surface area contributed by atoms with E-state index in [1.54, 1.807) is 39.5 Å². The minimum Gasteiger partial charge on any atom is -0.459 e. The number of unbranched alkanes of at least 4 members (excludes halogenated alkanes) is 9. The second-order valence-corrected chi connectivity index (χ2v) is 32.8. The Labute approximate surface area is 537 Å². The zero-order valence-corrected chi connectivity index (χ0v) is 59.2. The van der Waals surface area contributed by atoms with Crippen molar-refractivity contribution in [2.45, 2.75) is 291 Å². The van der Waals surface area contributed by atoms with Gasteiger partial charge in [0.15, 0.2) is 6.29 Å². The van der Waals surface area contributed by atoms with E-state index < -0.39 is 103 Å². The summed E-state index contributed by atoms with van der Waals surface area (Å²) in [7, 11) is 3.34. The maximum absolute atomic E-state index is 14.9. The molecule has 18 atom stereocenters. The van der Waals surface area contributed by atoms with E-state index in [0.29, 0.717) is 12.8 Å². The molecule has 3 saturated heterocycles. The molecular formula is C74H120N2O12P+. The number of aliphatic hydroxyl groups is 5. The number of carbonyl (C=O) groups excluding carboxylic acids is 2. The summed E-state index contributed by atoms with van der Waals surface area (Å²) in [6.07, 6.45) is 4.26. The fourth-order valence-corrected chi connectivity index (χ4v) is 20.8. The molecule has 0 saturated carbocycles. The number of hydrogen-bond acceptors (Lipinski definition) is 13. The van der Waals surface area contributed by atoms with E-state index in [1.165, 1.54) is 89.0 Å². The number of hydrogen-bond donors (Lipinski definition) is 5. The molecule has 0 spiro atoms. The van der Waals surface area contributed by atoms with E-state index in [0.717, 1.165) is 38.3 Å². The molecule has 1 amide bonds. The van der Waals surface area contributed by atoms with E-state index in [4.69, 9.17) is 23.7 Å². The second-order valence-electron chi connectivity index (χ2n) is 29.2. The average molecular weight is 1260 g/mol. The molecule has 6 rings (SSSR count). The highest BCUT2D eigenvalue weighted by Crippen LogP contribution is 2.57. The Hall–Kier alpha value is -3.37. The Bertz CT molecular complexity index is 2570. The number of carbonyl (C=O) groups is 2.